The molecular weight excluding hydrogens is 410 g/mol. The van der Waals surface area contributed by atoms with Crippen LogP contribution in [-0.4, -0.2) is 91.1 Å². The van der Waals surface area contributed by atoms with Gasteiger partial charge in [0.05, 0.1) is 6.54 Å². The molecule has 0 spiro atoms. The molecule has 33 heavy (non-hydrogen) atoms. The van der Waals surface area contributed by atoms with Gasteiger partial charge in [-0.1, -0.05) is 37.3 Å². The van der Waals surface area contributed by atoms with Crippen molar-refractivity contribution < 1.29 is 0 Å². The lowest BCUT2D eigenvalue weighted by atomic mass is 10.2. The Morgan fingerprint density at radius 1 is 0.879 bits per heavy atom. The first-order chi connectivity index (χ1) is 16.2. The van der Waals surface area contributed by atoms with Crippen molar-refractivity contribution in [3.8, 4) is 0 Å². The minimum atomic E-state index is 0.678. The quantitative estimate of drug-likeness (QED) is 0.518. The Morgan fingerprint density at radius 2 is 1.61 bits per heavy atom. The van der Waals surface area contributed by atoms with Gasteiger partial charge in [-0.15, -0.1) is 0 Å². The Labute approximate surface area is 199 Å². The second-order valence-electron chi connectivity index (χ2n) is 8.86. The van der Waals surface area contributed by atoms with E-state index >= 15 is 0 Å². The number of likely N-dealkylation sites (N-methyl/N-ethyl adjacent to an activating group) is 1. The van der Waals surface area contributed by atoms with Gasteiger partial charge in [0.1, 0.15) is 5.82 Å². The van der Waals surface area contributed by atoms with Crippen molar-refractivity contribution in [2.75, 3.05) is 70.3 Å². The van der Waals surface area contributed by atoms with Crippen LogP contribution in [0.15, 0.2) is 53.7 Å². The molecule has 1 aromatic carbocycles. The summed E-state index contributed by atoms with van der Waals surface area (Å²) >= 11 is 0. The lowest BCUT2D eigenvalue weighted by Gasteiger charge is -2.36. The zero-order chi connectivity index (χ0) is 22.9. The molecule has 2 fully saturated rings. The number of guanidine groups is 1. The van der Waals surface area contributed by atoms with Gasteiger partial charge in [0.25, 0.3) is 0 Å². The van der Waals surface area contributed by atoms with E-state index in [4.69, 9.17) is 4.99 Å². The molecule has 7 nitrogen and oxygen atoms in total. The second kappa shape index (κ2) is 12.0. The van der Waals surface area contributed by atoms with Crippen LogP contribution in [0.3, 0.4) is 0 Å². The fraction of sp³-hybridized carbons (Fsp3) is 0.538. The maximum Gasteiger partial charge on any atom is 0.194 e. The van der Waals surface area contributed by atoms with Gasteiger partial charge in [0, 0.05) is 71.6 Å². The van der Waals surface area contributed by atoms with Gasteiger partial charge >= 0.3 is 0 Å². The number of rotatable bonds is 7. The maximum absolute atomic E-state index is 4.99. The van der Waals surface area contributed by atoms with Crippen molar-refractivity contribution in [1.29, 1.82) is 0 Å². The molecule has 2 aliphatic heterocycles. The number of aromatic nitrogens is 1. The van der Waals surface area contributed by atoms with Gasteiger partial charge in [-0.3, -0.25) is 4.90 Å². The highest BCUT2D eigenvalue weighted by Crippen LogP contribution is 2.16. The van der Waals surface area contributed by atoms with Gasteiger partial charge < -0.3 is 20.0 Å². The summed E-state index contributed by atoms with van der Waals surface area (Å²) in [6.07, 6.45) is 1.93. The Balaban J connectivity index is 1.33. The number of anilines is 1. The van der Waals surface area contributed by atoms with E-state index in [1.54, 1.807) is 0 Å². The summed E-state index contributed by atoms with van der Waals surface area (Å²) in [4.78, 5) is 19.4. The molecule has 0 bridgehead atoms. The van der Waals surface area contributed by atoms with Crippen LogP contribution in [-0.2, 0) is 13.1 Å². The van der Waals surface area contributed by atoms with Crippen LogP contribution in [0.5, 0.6) is 0 Å². The Kier molecular flexibility index (Phi) is 8.55. The van der Waals surface area contributed by atoms with Crippen molar-refractivity contribution >= 4 is 11.8 Å². The lowest BCUT2D eigenvalue weighted by molar-refractivity contribution is 0.172. The number of pyridine rings is 1. The maximum atomic E-state index is 4.99. The molecule has 178 valence electrons. The zero-order valence-corrected chi connectivity index (χ0v) is 20.3. The number of nitrogens with one attached hydrogen (secondary N) is 1. The predicted molar refractivity (Wildman–Crippen MR) is 137 cm³/mol. The molecule has 1 aromatic heterocycles. The third-order valence-electron chi connectivity index (χ3n) is 6.62. The molecule has 0 unspecified atom stereocenters. The van der Waals surface area contributed by atoms with Crippen molar-refractivity contribution in [3.05, 3.63) is 59.8 Å². The van der Waals surface area contributed by atoms with Gasteiger partial charge in [-0.05, 0) is 36.7 Å². The van der Waals surface area contributed by atoms with E-state index in [-0.39, 0.29) is 0 Å². The Hall–Kier alpha value is -2.64. The fourth-order valence-corrected chi connectivity index (χ4v) is 4.58. The van der Waals surface area contributed by atoms with Crippen molar-refractivity contribution in [2.45, 2.75) is 26.9 Å². The van der Waals surface area contributed by atoms with Gasteiger partial charge in [0.2, 0.25) is 0 Å². The first-order valence-corrected chi connectivity index (χ1v) is 12.5. The van der Waals surface area contributed by atoms with E-state index in [9.17, 15) is 0 Å². The monoisotopic (exact) mass is 449 g/mol. The smallest absolute Gasteiger partial charge is 0.194 e. The van der Waals surface area contributed by atoms with Crippen LogP contribution in [0.4, 0.5) is 5.82 Å². The third kappa shape index (κ3) is 6.68. The van der Waals surface area contributed by atoms with Crippen LogP contribution in [0.2, 0.25) is 0 Å². The highest BCUT2D eigenvalue weighted by molar-refractivity contribution is 5.80. The second-order valence-corrected chi connectivity index (χ2v) is 8.86. The molecule has 2 aromatic rings. The molecule has 7 heteroatoms. The van der Waals surface area contributed by atoms with Crippen LogP contribution in [0, 0.1) is 0 Å². The summed E-state index contributed by atoms with van der Waals surface area (Å²) in [5.41, 5.74) is 2.60. The number of benzene rings is 1. The van der Waals surface area contributed by atoms with E-state index in [1.165, 1.54) is 11.1 Å². The van der Waals surface area contributed by atoms with Gasteiger partial charge in [-0.25, -0.2) is 9.98 Å². The summed E-state index contributed by atoms with van der Waals surface area (Å²) < 4.78 is 0. The predicted octanol–water partition coefficient (Wildman–Crippen LogP) is 2.51. The normalized spacial score (nSPS) is 18.5. The first kappa shape index (κ1) is 23.5. The van der Waals surface area contributed by atoms with Crippen LogP contribution in [0.1, 0.15) is 25.0 Å². The Bertz CT molecular complexity index is 869. The fourth-order valence-electron chi connectivity index (χ4n) is 4.58. The van der Waals surface area contributed by atoms with Crippen LogP contribution < -0.4 is 10.2 Å². The third-order valence-corrected chi connectivity index (χ3v) is 6.62. The molecule has 2 saturated heterocycles. The molecule has 4 rings (SSSR count). The number of hydrogen-bond donors (Lipinski definition) is 1. The van der Waals surface area contributed by atoms with Gasteiger partial charge in [0.15, 0.2) is 5.96 Å². The standard InChI is InChI=1S/C26H39N7/c1-3-27-26(33-18-14-31(15-19-33)22-23-8-6-5-7-9-23)29-21-24-10-11-28-25(20-24)32-16-12-30(4-2)13-17-32/h5-11,20H,3-4,12-19,21-22H2,1-2H3,(H,27,29). The molecule has 3 heterocycles. The van der Waals surface area contributed by atoms with Gasteiger partial charge in [-0.2, -0.15) is 0 Å². The summed E-state index contributed by atoms with van der Waals surface area (Å²) in [5.74, 6) is 2.10. The zero-order valence-electron chi connectivity index (χ0n) is 20.3. The molecule has 0 aliphatic carbocycles. The first-order valence-electron chi connectivity index (χ1n) is 12.5. The minimum Gasteiger partial charge on any atom is -0.357 e. The lowest BCUT2D eigenvalue weighted by Crippen LogP contribution is -2.52. The van der Waals surface area contributed by atoms with Crippen molar-refractivity contribution in [1.82, 2.24) is 25.0 Å². The molecule has 0 saturated carbocycles. The Morgan fingerprint density at radius 3 is 2.30 bits per heavy atom. The summed E-state index contributed by atoms with van der Waals surface area (Å²) in [6, 6.07) is 15.1. The number of hydrogen-bond acceptors (Lipinski definition) is 5. The van der Waals surface area contributed by atoms with E-state index in [1.807, 2.05) is 6.20 Å². The van der Waals surface area contributed by atoms with Crippen LogP contribution in [0.25, 0.3) is 0 Å². The highest BCUT2D eigenvalue weighted by Gasteiger charge is 2.20. The summed E-state index contributed by atoms with van der Waals surface area (Å²) in [5, 5.41) is 3.50. The average Bonchev–Trinajstić information content (AvgIpc) is 2.88. The molecule has 1 N–H and O–H groups in total. The number of nitrogens with zero attached hydrogens (tertiary/aromatic N) is 6. The number of aliphatic imine (C=N–C) groups is 1. The van der Waals surface area contributed by atoms with E-state index in [0.717, 1.165) is 83.8 Å². The SMILES string of the molecule is CCNC(=NCc1ccnc(N2CCN(CC)CC2)c1)N1CCN(Cc2ccccc2)CC1. The highest BCUT2D eigenvalue weighted by atomic mass is 15.3. The van der Waals surface area contributed by atoms with Crippen LogP contribution >= 0.6 is 0 Å². The molecule has 0 atom stereocenters. The summed E-state index contributed by atoms with van der Waals surface area (Å²) in [7, 11) is 0. The minimum absolute atomic E-state index is 0.678. The summed E-state index contributed by atoms with van der Waals surface area (Å²) in [6.45, 7) is 16.5. The van der Waals surface area contributed by atoms with E-state index in [2.05, 4.69) is 86.2 Å². The molecule has 0 radical (unpaired) electrons. The molecule has 2 aliphatic rings. The average molecular weight is 450 g/mol. The molecular formula is C26H39N7. The van der Waals surface area contributed by atoms with Crippen molar-refractivity contribution in [3.63, 3.8) is 0 Å². The van der Waals surface area contributed by atoms with E-state index in [0.29, 0.717) is 6.54 Å². The topological polar surface area (TPSA) is 50.2 Å². The number of piperazine rings is 2. The molecule has 0 amide bonds. The largest absolute Gasteiger partial charge is 0.357 e. The van der Waals surface area contributed by atoms with Crippen molar-refractivity contribution in [2.24, 2.45) is 4.99 Å². The van der Waals surface area contributed by atoms with E-state index < -0.39 is 0 Å².